The number of likely N-dealkylation sites (tertiary alicyclic amines) is 1. The van der Waals surface area contributed by atoms with Gasteiger partial charge < -0.3 is 14.6 Å². The molecule has 1 amide bonds. The third-order valence-corrected chi connectivity index (χ3v) is 6.00. The smallest absolute Gasteiger partial charge is 0.410 e. The molecule has 8 heteroatoms. The highest BCUT2D eigenvalue weighted by atomic mass is 79.9. The quantitative estimate of drug-likeness (QED) is 0.581. The van der Waals surface area contributed by atoms with Crippen LogP contribution in [0.2, 0.25) is 0 Å². The second-order valence-electron chi connectivity index (χ2n) is 8.70. The number of ether oxygens (including phenoxy) is 1. The van der Waals surface area contributed by atoms with E-state index in [4.69, 9.17) is 9.84 Å². The summed E-state index contributed by atoms with van der Waals surface area (Å²) in [5.41, 5.74) is 1.73. The van der Waals surface area contributed by atoms with Crippen LogP contribution in [-0.4, -0.2) is 43.8 Å². The topological polar surface area (TPSA) is 79.7 Å². The molecule has 0 bridgehead atoms. The zero-order valence-electron chi connectivity index (χ0n) is 17.0. The van der Waals surface area contributed by atoms with E-state index in [1.54, 1.807) is 11.0 Å². The first kappa shape index (κ1) is 19.9. The largest absolute Gasteiger partial charge is 0.444 e. The Balaban J connectivity index is 1.68. The molecule has 2 unspecified atom stereocenters. The maximum absolute atomic E-state index is 12.5. The molecule has 7 nitrogen and oxygen atoms in total. The number of piperidine rings is 1. The van der Waals surface area contributed by atoms with Crippen LogP contribution in [0.5, 0.6) is 0 Å². The average molecular weight is 461 g/mol. The molecule has 3 heterocycles. The minimum atomic E-state index is -0.519. The first-order chi connectivity index (χ1) is 13.6. The molecule has 29 heavy (non-hydrogen) atoms. The highest BCUT2D eigenvalue weighted by molar-refractivity contribution is 9.10. The van der Waals surface area contributed by atoms with Gasteiger partial charge in [0.05, 0.1) is 16.6 Å². The third kappa shape index (κ3) is 3.77. The van der Waals surface area contributed by atoms with Gasteiger partial charge in [0.1, 0.15) is 11.2 Å². The molecule has 0 radical (unpaired) electrons. The number of hydrogen-bond donors (Lipinski definition) is 1. The van der Waals surface area contributed by atoms with Gasteiger partial charge in [0.25, 0.3) is 5.56 Å². The van der Waals surface area contributed by atoms with Crippen molar-refractivity contribution >= 4 is 38.6 Å². The molecule has 1 aliphatic rings. The van der Waals surface area contributed by atoms with Crippen molar-refractivity contribution in [1.82, 2.24) is 19.5 Å². The summed E-state index contributed by atoms with van der Waals surface area (Å²) >= 11 is 3.57. The van der Waals surface area contributed by atoms with Crippen LogP contribution in [0.4, 0.5) is 4.79 Å². The zero-order valence-corrected chi connectivity index (χ0v) is 18.6. The molecule has 1 saturated heterocycles. The molecule has 1 aliphatic heterocycles. The van der Waals surface area contributed by atoms with Crippen LogP contribution in [0.25, 0.3) is 16.6 Å². The van der Waals surface area contributed by atoms with Gasteiger partial charge in [-0.3, -0.25) is 4.79 Å². The summed E-state index contributed by atoms with van der Waals surface area (Å²) in [7, 11) is 0. The van der Waals surface area contributed by atoms with Crippen molar-refractivity contribution in [3.8, 4) is 0 Å². The SMILES string of the molecule is CC1CC(c2cc(=O)[nH]c3c4c(Br)cccc4nn23)CCN1C(=O)OC(C)(C)C. The van der Waals surface area contributed by atoms with Gasteiger partial charge in [0.15, 0.2) is 0 Å². The Kier molecular flexibility index (Phi) is 4.93. The number of halogens is 1. The maximum Gasteiger partial charge on any atom is 0.410 e. The van der Waals surface area contributed by atoms with E-state index in [1.807, 2.05) is 50.4 Å². The van der Waals surface area contributed by atoms with Gasteiger partial charge in [-0.05, 0) is 68.6 Å². The molecule has 154 valence electrons. The first-order valence-corrected chi connectivity index (χ1v) is 10.6. The van der Waals surface area contributed by atoms with Gasteiger partial charge in [-0.15, -0.1) is 0 Å². The molecule has 1 fully saturated rings. The lowest BCUT2D eigenvalue weighted by Crippen LogP contribution is -2.46. The monoisotopic (exact) mass is 460 g/mol. The summed E-state index contributed by atoms with van der Waals surface area (Å²) in [5, 5.41) is 5.63. The fourth-order valence-electron chi connectivity index (χ4n) is 4.07. The van der Waals surface area contributed by atoms with E-state index in [-0.39, 0.29) is 23.6 Å². The molecule has 4 rings (SSSR count). The highest BCUT2D eigenvalue weighted by Crippen LogP contribution is 2.34. The number of nitrogens with zero attached hydrogens (tertiary/aromatic N) is 3. The number of carbonyl (C=O) groups excluding carboxylic acids is 1. The fraction of sp³-hybridized carbons (Fsp3) is 0.476. The zero-order chi connectivity index (χ0) is 20.9. The summed E-state index contributed by atoms with van der Waals surface area (Å²) in [6, 6.07) is 7.44. The summed E-state index contributed by atoms with van der Waals surface area (Å²) < 4.78 is 8.28. The van der Waals surface area contributed by atoms with E-state index in [9.17, 15) is 9.59 Å². The number of H-pyrrole nitrogens is 1. The van der Waals surface area contributed by atoms with E-state index in [2.05, 4.69) is 20.9 Å². The Morgan fingerprint density at radius 3 is 2.79 bits per heavy atom. The standard InChI is InChI=1S/C21H25BrN4O3/c1-12-10-13(8-9-25(12)20(28)29-21(2,3)4)16-11-17(27)23-19-18-14(22)6-5-7-15(18)24-26(16)19/h5-7,11-13H,8-10H2,1-4H3,(H,23,27). The minimum Gasteiger partial charge on any atom is -0.444 e. The number of fused-ring (bicyclic) bond motifs is 3. The Labute approximate surface area is 177 Å². The maximum atomic E-state index is 12.5. The van der Waals surface area contributed by atoms with Crippen LogP contribution < -0.4 is 5.56 Å². The van der Waals surface area contributed by atoms with Gasteiger partial charge in [-0.25, -0.2) is 9.31 Å². The number of carbonyl (C=O) groups is 1. The molecular weight excluding hydrogens is 436 g/mol. The van der Waals surface area contributed by atoms with E-state index >= 15 is 0 Å². The Bertz CT molecular complexity index is 1140. The van der Waals surface area contributed by atoms with E-state index in [0.717, 1.165) is 33.9 Å². The van der Waals surface area contributed by atoms with Crippen molar-refractivity contribution in [2.24, 2.45) is 0 Å². The lowest BCUT2D eigenvalue weighted by Gasteiger charge is -2.38. The predicted octanol–water partition coefficient (Wildman–Crippen LogP) is 4.44. The molecule has 2 aromatic heterocycles. The minimum absolute atomic E-state index is 0.00894. The van der Waals surface area contributed by atoms with Crippen molar-refractivity contribution in [1.29, 1.82) is 0 Å². The third-order valence-electron chi connectivity index (χ3n) is 5.34. The Hall–Kier alpha value is -2.35. The Morgan fingerprint density at radius 2 is 2.10 bits per heavy atom. The predicted molar refractivity (Wildman–Crippen MR) is 115 cm³/mol. The Morgan fingerprint density at radius 1 is 1.34 bits per heavy atom. The second-order valence-corrected chi connectivity index (χ2v) is 9.55. The van der Waals surface area contributed by atoms with Gasteiger partial charge >= 0.3 is 6.09 Å². The number of nitrogens with one attached hydrogen (secondary N) is 1. The molecule has 0 aliphatic carbocycles. The lowest BCUT2D eigenvalue weighted by molar-refractivity contribution is 0.0102. The van der Waals surface area contributed by atoms with Crippen molar-refractivity contribution in [2.75, 3.05) is 6.54 Å². The lowest BCUT2D eigenvalue weighted by atomic mass is 9.89. The van der Waals surface area contributed by atoms with Gasteiger partial charge in [0, 0.05) is 29.0 Å². The number of aromatic amines is 1. The van der Waals surface area contributed by atoms with Crippen LogP contribution in [0.1, 0.15) is 52.1 Å². The van der Waals surface area contributed by atoms with Crippen molar-refractivity contribution < 1.29 is 9.53 Å². The van der Waals surface area contributed by atoms with Crippen LogP contribution in [0.15, 0.2) is 33.5 Å². The van der Waals surface area contributed by atoms with Crippen molar-refractivity contribution in [3.63, 3.8) is 0 Å². The molecular formula is C21H25BrN4O3. The first-order valence-electron chi connectivity index (χ1n) is 9.84. The van der Waals surface area contributed by atoms with Crippen LogP contribution in [0.3, 0.4) is 0 Å². The number of rotatable bonds is 1. The fourth-order valence-corrected chi connectivity index (χ4v) is 4.61. The number of amides is 1. The van der Waals surface area contributed by atoms with Crippen LogP contribution in [0, 0.1) is 0 Å². The van der Waals surface area contributed by atoms with Gasteiger partial charge in [0.2, 0.25) is 0 Å². The van der Waals surface area contributed by atoms with E-state index < -0.39 is 5.60 Å². The van der Waals surface area contributed by atoms with Crippen LogP contribution >= 0.6 is 15.9 Å². The van der Waals surface area contributed by atoms with E-state index in [1.165, 1.54) is 0 Å². The molecule has 2 atom stereocenters. The number of hydrogen-bond acceptors (Lipinski definition) is 4. The summed E-state index contributed by atoms with van der Waals surface area (Å²) in [6.07, 6.45) is 1.21. The summed E-state index contributed by atoms with van der Waals surface area (Å²) in [6.45, 7) is 8.22. The molecule has 3 aromatic rings. The molecule has 1 N–H and O–H groups in total. The van der Waals surface area contributed by atoms with Crippen molar-refractivity contribution in [3.05, 3.63) is 44.8 Å². The highest BCUT2D eigenvalue weighted by Gasteiger charge is 2.33. The van der Waals surface area contributed by atoms with Gasteiger partial charge in [-0.2, -0.15) is 5.10 Å². The average Bonchev–Trinajstić information content (AvgIpc) is 2.99. The summed E-state index contributed by atoms with van der Waals surface area (Å²) in [5.74, 6) is 0.126. The van der Waals surface area contributed by atoms with E-state index in [0.29, 0.717) is 12.2 Å². The number of aromatic nitrogens is 3. The number of benzene rings is 1. The molecule has 0 saturated carbocycles. The van der Waals surface area contributed by atoms with Gasteiger partial charge in [-0.1, -0.05) is 6.07 Å². The summed E-state index contributed by atoms with van der Waals surface area (Å²) in [4.78, 5) is 29.6. The van der Waals surface area contributed by atoms with Crippen molar-refractivity contribution in [2.45, 2.75) is 58.1 Å². The second kappa shape index (κ2) is 7.16. The molecule has 0 spiro atoms. The normalized spacial score (nSPS) is 20.4. The molecule has 1 aromatic carbocycles. The van der Waals surface area contributed by atoms with Crippen LogP contribution in [-0.2, 0) is 4.74 Å².